The number of carbonyl (C=O) groups is 2. The number of nitrogens with zero attached hydrogens (tertiary/aromatic N) is 4. The highest BCUT2D eigenvalue weighted by molar-refractivity contribution is 6.34. The second-order valence-corrected chi connectivity index (χ2v) is 10.6. The number of rotatable bonds is 4. The van der Waals surface area contributed by atoms with Crippen molar-refractivity contribution in [3.8, 4) is 5.75 Å². The second-order valence-electron chi connectivity index (χ2n) is 10.2. The quantitative estimate of drug-likeness (QED) is 0.485. The Balaban J connectivity index is 1.22. The van der Waals surface area contributed by atoms with Gasteiger partial charge in [0.15, 0.2) is 0 Å². The molecule has 0 radical (unpaired) electrons. The molecule has 2 aromatic heterocycles. The number of aromatic nitrogens is 2. The summed E-state index contributed by atoms with van der Waals surface area (Å²) in [5.74, 6) is 0.805. The van der Waals surface area contributed by atoms with Crippen LogP contribution in [0, 0.1) is 5.82 Å². The fraction of sp³-hybridized carbons (Fsp3) is 0.357. The normalized spacial score (nSPS) is 20.7. The molecule has 200 valence electrons. The Morgan fingerprint density at radius 1 is 1.10 bits per heavy atom. The average Bonchev–Trinajstić information content (AvgIpc) is 3.78. The van der Waals surface area contributed by atoms with Gasteiger partial charge in [-0.25, -0.2) is 14.2 Å². The summed E-state index contributed by atoms with van der Waals surface area (Å²) in [7, 11) is 0. The Hall–Kier alpha value is -3.76. The maximum atomic E-state index is 14.4. The first-order valence-corrected chi connectivity index (χ1v) is 13.4. The molecular formula is C28H25ClFN5O4. The number of anilines is 3. The van der Waals surface area contributed by atoms with Crippen LogP contribution in [0.4, 0.5) is 26.4 Å². The van der Waals surface area contributed by atoms with Crippen LogP contribution in [0.1, 0.15) is 53.8 Å². The van der Waals surface area contributed by atoms with E-state index in [0.29, 0.717) is 54.0 Å². The lowest BCUT2D eigenvalue weighted by molar-refractivity contribution is -0.125. The van der Waals surface area contributed by atoms with E-state index in [1.165, 1.54) is 6.07 Å². The number of benzene rings is 1. The Labute approximate surface area is 228 Å². The molecule has 1 unspecified atom stereocenters. The number of fused-ring (bicyclic) bond motifs is 2. The molecule has 2 fully saturated rings. The van der Waals surface area contributed by atoms with E-state index in [0.717, 1.165) is 29.7 Å². The van der Waals surface area contributed by atoms with Gasteiger partial charge in [0.25, 0.3) is 5.91 Å². The minimum Gasteiger partial charge on any atom is -0.484 e. The van der Waals surface area contributed by atoms with Gasteiger partial charge in [0.2, 0.25) is 0 Å². The van der Waals surface area contributed by atoms with Crippen LogP contribution in [-0.2, 0) is 22.5 Å². The molecule has 0 bridgehead atoms. The standard InChI is InChI=1S/C28H25ClFN5O4/c29-18-10-16-5-6-22(27-19(30)2-1-7-31-27)39-23(16)12-21(18)35-13-17-20(32-28(35)37)11-24(33-26(17)15-3-4-15)34-8-9-38-14-25(34)36/h1-2,7,10-12,15,22H,3-6,8-9,13-14H2,(H,32,37). The van der Waals surface area contributed by atoms with Crippen molar-refractivity contribution in [1.29, 1.82) is 0 Å². The molecule has 0 spiro atoms. The molecule has 1 aliphatic carbocycles. The molecule has 1 aromatic carbocycles. The Bertz CT molecular complexity index is 1510. The molecule has 1 atom stereocenters. The molecule has 11 heteroatoms. The number of hydrogen-bond donors (Lipinski definition) is 1. The summed E-state index contributed by atoms with van der Waals surface area (Å²) >= 11 is 6.70. The van der Waals surface area contributed by atoms with Crippen molar-refractivity contribution in [2.75, 3.05) is 34.9 Å². The molecule has 3 amide bonds. The van der Waals surface area contributed by atoms with Crippen LogP contribution in [-0.4, -0.2) is 41.7 Å². The van der Waals surface area contributed by atoms with Crippen molar-refractivity contribution in [3.05, 3.63) is 69.9 Å². The zero-order valence-electron chi connectivity index (χ0n) is 21.0. The molecule has 9 nitrogen and oxygen atoms in total. The Morgan fingerprint density at radius 2 is 1.97 bits per heavy atom. The summed E-state index contributed by atoms with van der Waals surface area (Å²) in [5, 5.41) is 3.42. The second kappa shape index (κ2) is 9.46. The number of carbonyl (C=O) groups excluding carboxylic acids is 2. The van der Waals surface area contributed by atoms with Crippen molar-refractivity contribution < 1.29 is 23.5 Å². The third kappa shape index (κ3) is 4.37. The lowest BCUT2D eigenvalue weighted by Gasteiger charge is -2.34. The Morgan fingerprint density at radius 3 is 2.77 bits per heavy atom. The first-order valence-electron chi connectivity index (χ1n) is 13.1. The number of halogens is 2. The van der Waals surface area contributed by atoms with E-state index in [2.05, 4.69) is 10.3 Å². The number of hydrogen-bond acceptors (Lipinski definition) is 6. The zero-order chi connectivity index (χ0) is 26.7. The van der Waals surface area contributed by atoms with Gasteiger partial charge in [-0.05, 0) is 49.4 Å². The van der Waals surface area contributed by atoms with E-state index < -0.39 is 11.9 Å². The van der Waals surface area contributed by atoms with Crippen LogP contribution in [0.15, 0.2) is 36.5 Å². The van der Waals surface area contributed by atoms with Gasteiger partial charge in [0, 0.05) is 29.8 Å². The van der Waals surface area contributed by atoms with Gasteiger partial charge in [-0.2, -0.15) is 0 Å². The smallest absolute Gasteiger partial charge is 0.326 e. The lowest BCUT2D eigenvalue weighted by Crippen LogP contribution is -2.43. The van der Waals surface area contributed by atoms with Crippen LogP contribution in [0.5, 0.6) is 5.75 Å². The van der Waals surface area contributed by atoms with Gasteiger partial charge in [-0.1, -0.05) is 11.6 Å². The molecule has 4 aliphatic rings. The first-order chi connectivity index (χ1) is 19.0. The highest BCUT2D eigenvalue weighted by Crippen LogP contribution is 2.46. The number of aryl methyl sites for hydroxylation is 1. The number of ether oxygens (including phenoxy) is 2. The fourth-order valence-electron chi connectivity index (χ4n) is 5.48. The molecule has 39 heavy (non-hydrogen) atoms. The zero-order valence-corrected chi connectivity index (χ0v) is 21.7. The van der Waals surface area contributed by atoms with Gasteiger partial charge >= 0.3 is 6.03 Å². The highest BCUT2D eigenvalue weighted by atomic mass is 35.5. The monoisotopic (exact) mass is 549 g/mol. The molecule has 5 heterocycles. The largest absolute Gasteiger partial charge is 0.484 e. The minimum atomic E-state index is -0.532. The SMILES string of the molecule is O=C1COCCN1c1cc2c(c(C3CC3)n1)CN(c1cc3c(cc1Cl)CCC(c1ncccc1F)O3)C(=O)N2. The molecule has 1 saturated carbocycles. The number of amides is 3. The van der Waals surface area contributed by atoms with E-state index in [4.69, 9.17) is 26.1 Å². The minimum absolute atomic E-state index is 0.0182. The molecule has 3 aliphatic heterocycles. The van der Waals surface area contributed by atoms with Crippen molar-refractivity contribution in [3.63, 3.8) is 0 Å². The lowest BCUT2D eigenvalue weighted by atomic mass is 9.98. The van der Waals surface area contributed by atoms with Gasteiger partial charge in [0.05, 0.1) is 41.8 Å². The van der Waals surface area contributed by atoms with Crippen LogP contribution < -0.4 is 19.9 Å². The summed E-state index contributed by atoms with van der Waals surface area (Å²) in [6.45, 7) is 1.15. The molecule has 1 N–H and O–H groups in total. The van der Waals surface area contributed by atoms with E-state index in [-0.39, 0.29) is 36.7 Å². The number of urea groups is 1. The predicted molar refractivity (Wildman–Crippen MR) is 142 cm³/mol. The Kier molecular flexibility index (Phi) is 5.89. The van der Waals surface area contributed by atoms with Crippen molar-refractivity contribution >= 4 is 40.7 Å². The third-order valence-electron chi connectivity index (χ3n) is 7.63. The topological polar surface area (TPSA) is 96.9 Å². The number of pyridine rings is 2. The van der Waals surface area contributed by atoms with E-state index in [9.17, 15) is 14.0 Å². The van der Waals surface area contributed by atoms with Crippen LogP contribution in [0.2, 0.25) is 5.02 Å². The van der Waals surface area contributed by atoms with Crippen molar-refractivity contribution in [2.45, 2.75) is 44.2 Å². The van der Waals surface area contributed by atoms with Gasteiger partial charge in [-0.15, -0.1) is 0 Å². The van der Waals surface area contributed by atoms with Crippen molar-refractivity contribution in [1.82, 2.24) is 9.97 Å². The molecule has 3 aromatic rings. The molecule has 7 rings (SSSR count). The van der Waals surface area contributed by atoms with Crippen molar-refractivity contribution in [2.24, 2.45) is 0 Å². The summed E-state index contributed by atoms with van der Waals surface area (Å²) in [6.07, 6.45) is 4.24. The number of nitrogens with one attached hydrogen (secondary N) is 1. The molecular weight excluding hydrogens is 525 g/mol. The first kappa shape index (κ1) is 24.3. The van der Waals surface area contributed by atoms with Gasteiger partial charge < -0.3 is 14.8 Å². The number of morpholine rings is 1. The van der Waals surface area contributed by atoms with Crippen LogP contribution in [0.25, 0.3) is 0 Å². The third-order valence-corrected chi connectivity index (χ3v) is 7.93. The highest BCUT2D eigenvalue weighted by Gasteiger charge is 2.36. The summed E-state index contributed by atoms with van der Waals surface area (Å²) in [6, 6.07) is 7.90. The average molecular weight is 550 g/mol. The summed E-state index contributed by atoms with van der Waals surface area (Å²) in [5.41, 5.74) is 4.11. The predicted octanol–water partition coefficient (Wildman–Crippen LogP) is 5.13. The van der Waals surface area contributed by atoms with E-state index in [1.807, 2.05) is 6.07 Å². The summed E-state index contributed by atoms with van der Waals surface area (Å²) < 4.78 is 25.8. The fourth-order valence-corrected chi connectivity index (χ4v) is 5.77. The van der Waals surface area contributed by atoms with Gasteiger partial charge in [-0.3, -0.25) is 19.6 Å². The maximum Gasteiger partial charge on any atom is 0.326 e. The maximum absolute atomic E-state index is 14.4. The van der Waals surface area contributed by atoms with E-state index >= 15 is 0 Å². The molecule has 1 saturated heterocycles. The summed E-state index contributed by atoms with van der Waals surface area (Å²) in [4.78, 5) is 38.1. The van der Waals surface area contributed by atoms with Crippen LogP contribution in [0.3, 0.4) is 0 Å². The van der Waals surface area contributed by atoms with Crippen LogP contribution >= 0.6 is 11.6 Å². The van der Waals surface area contributed by atoms with Gasteiger partial charge in [0.1, 0.15) is 35.8 Å². The van der Waals surface area contributed by atoms with E-state index in [1.54, 1.807) is 34.2 Å².